The Morgan fingerprint density at radius 3 is 1.76 bits per heavy atom. The number of rotatable bonds is 6. The maximum atomic E-state index is 9.83. The van der Waals surface area contributed by atoms with Gasteiger partial charge in [0.1, 0.15) is 0 Å². The van der Waals surface area contributed by atoms with E-state index in [1.807, 2.05) is 103 Å². The quantitative estimate of drug-likeness (QED) is 0.169. The summed E-state index contributed by atoms with van der Waals surface area (Å²) in [7, 11) is 0. The van der Waals surface area contributed by atoms with E-state index in [9.17, 15) is 5.48 Å². The Bertz CT molecular complexity index is 3530. The summed E-state index contributed by atoms with van der Waals surface area (Å²) in [6.07, 6.45) is 0. The lowest BCUT2D eigenvalue weighted by Crippen LogP contribution is -2.15. The van der Waals surface area contributed by atoms with Crippen molar-refractivity contribution in [1.29, 1.82) is 0 Å². The van der Waals surface area contributed by atoms with Crippen molar-refractivity contribution in [2.45, 2.75) is 19.3 Å². The van der Waals surface area contributed by atoms with Gasteiger partial charge in [0, 0.05) is 42.3 Å². The molecule has 0 N–H and O–H groups in total. The average molecular weight is 766 g/mol. The fourth-order valence-electron chi connectivity index (χ4n) is 8.36. The molecule has 0 unspecified atom stereocenters. The average Bonchev–Trinajstić information content (AvgIpc) is 3.84. The number of nitrogens with zero attached hydrogens (tertiary/aromatic N) is 3. The second-order valence-corrected chi connectivity index (χ2v) is 16.1. The molecule has 0 saturated carbocycles. The van der Waals surface area contributed by atoms with E-state index in [-0.39, 0.29) is 53.1 Å². The molecule has 0 radical (unpaired) electrons. The molecule has 274 valence electrons. The molecule has 0 aliphatic heterocycles. The molecule has 0 saturated heterocycles. The van der Waals surface area contributed by atoms with Gasteiger partial charge in [-0.05, 0) is 73.8 Å². The molecule has 4 heteroatoms. The second kappa shape index (κ2) is 13.6. The van der Waals surface area contributed by atoms with Crippen LogP contribution in [0.2, 0.25) is 0 Å². The molecule has 1 aliphatic rings. The van der Waals surface area contributed by atoms with Crippen molar-refractivity contribution in [3.63, 3.8) is 0 Å². The SMILES string of the molecule is [2H]c1c([2H])c(-c2ccccc2-c2ccccc2)c2c(sc3c([2H])c(-c4nc(-c5ccc(-c6ccccc6)cc5)nc(-c5ccc6c(c5)C(C)(C)c5ccccc5-6)n4)c([2H])c([2H])c32)c1[2H]. The molecule has 10 aromatic rings. The van der Waals surface area contributed by atoms with Crippen LogP contribution in [0.25, 0.3) is 98.8 Å². The number of benzene rings is 8. The standard InChI is InChI=1S/C54H37N3S/c1-54(2)46-22-12-11-20-42(46)43-30-28-38(32-47(43)54)52-55-51(37-26-24-35(25-27-37)34-14-5-3-6-15-34)56-53(57-52)39-29-31-45-49(33-39)58-48-23-13-21-44(50(45)48)41-19-10-9-18-40(41)36-16-7-4-8-17-36/h3-33H,1-2H3/i13D,21D,23D,29D,31D,33D. The van der Waals surface area contributed by atoms with E-state index in [4.69, 9.17) is 17.7 Å². The summed E-state index contributed by atoms with van der Waals surface area (Å²) in [5, 5.41) is 0.718. The lowest BCUT2D eigenvalue weighted by molar-refractivity contribution is 0.660. The summed E-state index contributed by atoms with van der Waals surface area (Å²) in [4.78, 5) is 15.1. The van der Waals surface area contributed by atoms with Gasteiger partial charge in [-0.2, -0.15) is 0 Å². The minimum absolute atomic E-state index is 0.0648. The monoisotopic (exact) mass is 765 g/mol. The van der Waals surface area contributed by atoms with Gasteiger partial charge in [-0.1, -0.05) is 184 Å². The van der Waals surface area contributed by atoms with Crippen LogP contribution >= 0.6 is 11.3 Å². The van der Waals surface area contributed by atoms with E-state index in [0.29, 0.717) is 42.9 Å². The molecule has 8 aromatic carbocycles. The summed E-state index contributed by atoms with van der Waals surface area (Å²) in [5.41, 5.74) is 10.9. The van der Waals surface area contributed by atoms with Crippen LogP contribution in [0.4, 0.5) is 0 Å². The predicted molar refractivity (Wildman–Crippen MR) is 243 cm³/mol. The van der Waals surface area contributed by atoms with E-state index in [0.717, 1.165) is 55.8 Å². The van der Waals surface area contributed by atoms with Gasteiger partial charge >= 0.3 is 0 Å². The first-order chi connectivity index (χ1) is 31.0. The Morgan fingerprint density at radius 2 is 1.00 bits per heavy atom. The number of thiophene rings is 1. The van der Waals surface area contributed by atoms with E-state index >= 15 is 0 Å². The number of aromatic nitrogens is 3. The summed E-state index contributed by atoms with van der Waals surface area (Å²) in [6, 6.07) is 49.2. The predicted octanol–water partition coefficient (Wildman–Crippen LogP) is 14.5. The number of hydrogen-bond acceptors (Lipinski definition) is 4. The molecular formula is C54H37N3S. The maximum Gasteiger partial charge on any atom is 0.164 e. The third kappa shape index (κ3) is 5.68. The Kier molecular flexibility index (Phi) is 6.65. The summed E-state index contributed by atoms with van der Waals surface area (Å²) < 4.78 is 57.2. The van der Waals surface area contributed by atoms with Gasteiger partial charge in [-0.15, -0.1) is 11.3 Å². The highest BCUT2D eigenvalue weighted by atomic mass is 32.1. The number of hydrogen-bond donors (Lipinski definition) is 0. The van der Waals surface area contributed by atoms with Crippen molar-refractivity contribution in [2.24, 2.45) is 0 Å². The van der Waals surface area contributed by atoms with Crippen molar-refractivity contribution in [3.8, 4) is 78.7 Å². The lowest BCUT2D eigenvalue weighted by Gasteiger charge is -2.21. The van der Waals surface area contributed by atoms with E-state index in [1.165, 1.54) is 11.1 Å². The zero-order valence-electron chi connectivity index (χ0n) is 37.7. The van der Waals surface area contributed by atoms with Crippen LogP contribution in [0.1, 0.15) is 33.2 Å². The fourth-order valence-corrected chi connectivity index (χ4v) is 9.38. The molecule has 58 heavy (non-hydrogen) atoms. The van der Waals surface area contributed by atoms with Crippen molar-refractivity contribution in [1.82, 2.24) is 15.0 Å². The van der Waals surface area contributed by atoms with Gasteiger partial charge in [0.25, 0.3) is 0 Å². The molecule has 0 fully saturated rings. The Morgan fingerprint density at radius 1 is 0.431 bits per heavy atom. The van der Waals surface area contributed by atoms with Crippen LogP contribution in [0.15, 0.2) is 188 Å². The summed E-state index contributed by atoms with van der Waals surface area (Å²) >= 11 is 1.14. The van der Waals surface area contributed by atoms with Gasteiger partial charge in [0.2, 0.25) is 0 Å². The van der Waals surface area contributed by atoms with Gasteiger partial charge in [0.05, 0.1) is 8.22 Å². The van der Waals surface area contributed by atoms with E-state index < -0.39 is 0 Å². The van der Waals surface area contributed by atoms with Crippen molar-refractivity contribution in [2.75, 3.05) is 0 Å². The minimum Gasteiger partial charge on any atom is -0.208 e. The molecule has 2 aromatic heterocycles. The van der Waals surface area contributed by atoms with Crippen LogP contribution in [0.5, 0.6) is 0 Å². The molecule has 3 nitrogen and oxygen atoms in total. The third-order valence-electron chi connectivity index (χ3n) is 11.3. The Labute approximate surface area is 350 Å². The van der Waals surface area contributed by atoms with Gasteiger partial charge in [0.15, 0.2) is 17.5 Å². The largest absolute Gasteiger partial charge is 0.208 e. The molecule has 1 aliphatic carbocycles. The first-order valence-corrected chi connectivity index (χ1v) is 20.1. The highest BCUT2D eigenvalue weighted by Crippen LogP contribution is 2.49. The van der Waals surface area contributed by atoms with Crippen LogP contribution in [-0.4, -0.2) is 15.0 Å². The highest BCUT2D eigenvalue weighted by Gasteiger charge is 2.35. The number of fused-ring (bicyclic) bond motifs is 6. The van der Waals surface area contributed by atoms with Gasteiger partial charge in [-0.3, -0.25) is 0 Å². The first kappa shape index (κ1) is 28.4. The molecule has 0 bridgehead atoms. The fraction of sp³-hybridized carbons (Fsp3) is 0.0556. The smallest absolute Gasteiger partial charge is 0.164 e. The second-order valence-electron chi connectivity index (χ2n) is 15.1. The van der Waals surface area contributed by atoms with Crippen LogP contribution in [-0.2, 0) is 5.41 Å². The lowest BCUT2D eigenvalue weighted by atomic mass is 9.82. The molecular weight excluding hydrogens is 723 g/mol. The molecule has 0 spiro atoms. The van der Waals surface area contributed by atoms with Crippen LogP contribution < -0.4 is 0 Å². The first-order valence-electron chi connectivity index (χ1n) is 22.3. The van der Waals surface area contributed by atoms with Crippen molar-refractivity contribution in [3.05, 3.63) is 199 Å². The van der Waals surface area contributed by atoms with E-state index in [2.05, 4.69) is 62.4 Å². The van der Waals surface area contributed by atoms with Gasteiger partial charge < -0.3 is 0 Å². The zero-order chi connectivity index (χ0) is 44.0. The van der Waals surface area contributed by atoms with Crippen molar-refractivity contribution < 1.29 is 8.22 Å². The highest BCUT2D eigenvalue weighted by molar-refractivity contribution is 7.26. The normalized spacial score (nSPS) is 14.2. The topological polar surface area (TPSA) is 38.7 Å². The molecule has 0 amide bonds. The minimum atomic E-state index is -0.280. The zero-order valence-corrected chi connectivity index (χ0v) is 32.5. The third-order valence-corrected chi connectivity index (χ3v) is 12.3. The van der Waals surface area contributed by atoms with Crippen LogP contribution in [0.3, 0.4) is 0 Å². The molecule has 11 rings (SSSR count). The molecule has 0 atom stereocenters. The summed E-state index contributed by atoms with van der Waals surface area (Å²) in [6.45, 7) is 4.44. The Hall–Kier alpha value is -7.01. The van der Waals surface area contributed by atoms with Gasteiger partial charge in [-0.25, -0.2) is 15.0 Å². The maximum absolute atomic E-state index is 9.83. The van der Waals surface area contributed by atoms with Crippen LogP contribution in [0, 0.1) is 0 Å². The molecule has 2 heterocycles. The summed E-state index contributed by atoms with van der Waals surface area (Å²) in [5.74, 6) is 0.811. The Balaban J connectivity index is 1.14. The van der Waals surface area contributed by atoms with E-state index in [1.54, 1.807) is 0 Å². The van der Waals surface area contributed by atoms with Crippen molar-refractivity contribution >= 4 is 31.5 Å².